The van der Waals surface area contributed by atoms with E-state index in [2.05, 4.69) is 0 Å². The van der Waals surface area contributed by atoms with Gasteiger partial charge in [-0.05, 0) is 29.3 Å². The summed E-state index contributed by atoms with van der Waals surface area (Å²) in [5, 5.41) is 0. The van der Waals surface area contributed by atoms with Crippen LogP contribution in [0.1, 0.15) is 21.5 Å². The van der Waals surface area contributed by atoms with Gasteiger partial charge in [0.2, 0.25) is 0 Å². The van der Waals surface area contributed by atoms with Gasteiger partial charge in [-0.25, -0.2) is 13.2 Å². The molecule has 0 N–H and O–H groups in total. The van der Waals surface area contributed by atoms with Gasteiger partial charge in [0.15, 0.2) is 9.84 Å². The van der Waals surface area contributed by atoms with Crippen LogP contribution in [0.25, 0.3) is 0 Å². The Balaban J connectivity index is 2.00. The van der Waals surface area contributed by atoms with Crippen LogP contribution in [-0.4, -0.2) is 44.6 Å². The first kappa shape index (κ1) is 18.1. The number of amides is 1. The van der Waals surface area contributed by atoms with Crippen molar-refractivity contribution in [2.45, 2.75) is 23.9 Å². The van der Waals surface area contributed by atoms with E-state index in [0.717, 1.165) is 17.4 Å². The molecule has 0 spiro atoms. The van der Waals surface area contributed by atoms with Crippen LogP contribution >= 0.6 is 0 Å². The molecule has 0 fully saturated rings. The molecule has 0 saturated heterocycles. The van der Waals surface area contributed by atoms with E-state index in [0.29, 0.717) is 6.42 Å². The number of hydrogen-bond donors (Lipinski definition) is 0. The molecule has 1 heterocycles. The van der Waals surface area contributed by atoms with Crippen molar-refractivity contribution in [2.24, 2.45) is 0 Å². The molecular weight excluding hydrogens is 354 g/mol. The summed E-state index contributed by atoms with van der Waals surface area (Å²) in [7, 11) is -2.15. The topological polar surface area (TPSA) is 80.8 Å². The first-order valence-corrected chi connectivity index (χ1v) is 9.96. The van der Waals surface area contributed by atoms with Crippen molar-refractivity contribution in [3.05, 3.63) is 65.2 Å². The van der Waals surface area contributed by atoms with E-state index in [9.17, 15) is 18.0 Å². The third-order valence-electron chi connectivity index (χ3n) is 4.49. The maximum atomic E-state index is 13.0. The van der Waals surface area contributed by atoms with Crippen LogP contribution in [-0.2, 0) is 32.3 Å². The first-order valence-electron chi connectivity index (χ1n) is 8.07. The number of hydrogen-bond acceptors (Lipinski definition) is 5. The van der Waals surface area contributed by atoms with Crippen molar-refractivity contribution in [3.63, 3.8) is 0 Å². The van der Waals surface area contributed by atoms with E-state index >= 15 is 0 Å². The van der Waals surface area contributed by atoms with Crippen LogP contribution in [0, 0.1) is 0 Å². The number of benzene rings is 2. The Morgan fingerprint density at radius 1 is 1.08 bits per heavy atom. The zero-order chi connectivity index (χ0) is 18.9. The van der Waals surface area contributed by atoms with Crippen molar-refractivity contribution < 1.29 is 22.7 Å². The normalized spacial score (nSPS) is 16.7. The predicted octanol–water partition coefficient (Wildman–Crippen LogP) is 1.83. The molecule has 1 aliphatic heterocycles. The molecule has 6 nitrogen and oxygen atoms in total. The second-order valence-corrected chi connectivity index (χ2v) is 8.26. The molecular formula is C19H19NO5S. The Bertz CT molecular complexity index is 967. The molecule has 2 aromatic rings. The molecule has 3 rings (SSSR count). The van der Waals surface area contributed by atoms with Gasteiger partial charge in [-0.2, -0.15) is 0 Å². The van der Waals surface area contributed by atoms with Crippen molar-refractivity contribution in [1.82, 2.24) is 4.90 Å². The molecule has 0 bridgehead atoms. The SMILES string of the molecule is COC(=O)[C@@H]1Cc2ccccc2CN1C(=O)c1cccc(S(C)(=O)=O)c1. The van der Waals surface area contributed by atoms with E-state index in [1.54, 1.807) is 6.07 Å². The number of fused-ring (bicyclic) bond motifs is 1. The van der Waals surface area contributed by atoms with E-state index in [-0.39, 0.29) is 17.0 Å². The van der Waals surface area contributed by atoms with Crippen LogP contribution in [0.5, 0.6) is 0 Å². The number of carbonyl (C=O) groups excluding carboxylic acids is 2. The summed E-state index contributed by atoms with van der Waals surface area (Å²) in [4.78, 5) is 26.8. The van der Waals surface area contributed by atoms with Gasteiger partial charge in [0.05, 0.1) is 12.0 Å². The second-order valence-electron chi connectivity index (χ2n) is 6.24. The molecule has 0 aromatic heterocycles. The zero-order valence-electron chi connectivity index (χ0n) is 14.5. The molecule has 0 unspecified atom stereocenters. The van der Waals surface area contributed by atoms with Crippen molar-refractivity contribution >= 4 is 21.7 Å². The van der Waals surface area contributed by atoms with Crippen molar-refractivity contribution in [3.8, 4) is 0 Å². The maximum absolute atomic E-state index is 13.0. The van der Waals surface area contributed by atoms with Gasteiger partial charge in [0.1, 0.15) is 6.04 Å². The highest BCUT2D eigenvalue weighted by Gasteiger charge is 2.35. The fraction of sp³-hybridized carbons (Fsp3) is 0.263. The quantitative estimate of drug-likeness (QED) is 0.767. The van der Waals surface area contributed by atoms with Gasteiger partial charge in [-0.3, -0.25) is 4.79 Å². The van der Waals surface area contributed by atoms with E-state index in [1.807, 2.05) is 24.3 Å². The Kier molecular flexibility index (Phi) is 4.82. The van der Waals surface area contributed by atoms with E-state index in [1.165, 1.54) is 30.2 Å². The van der Waals surface area contributed by atoms with Gasteiger partial charge in [-0.1, -0.05) is 30.3 Å². The molecule has 1 aliphatic rings. The predicted molar refractivity (Wildman–Crippen MR) is 95.4 cm³/mol. The Labute approximate surface area is 152 Å². The summed E-state index contributed by atoms with van der Waals surface area (Å²) in [6.45, 7) is 0.262. The molecule has 26 heavy (non-hydrogen) atoms. The fourth-order valence-corrected chi connectivity index (χ4v) is 3.78. The number of sulfone groups is 1. The van der Waals surface area contributed by atoms with Gasteiger partial charge < -0.3 is 9.64 Å². The minimum absolute atomic E-state index is 0.0652. The Morgan fingerprint density at radius 2 is 1.77 bits per heavy atom. The van der Waals surface area contributed by atoms with Crippen molar-refractivity contribution in [1.29, 1.82) is 0 Å². The molecule has 0 radical (unpaired) electrons. The highest BCUT2D eigenvalue weighted by Crippen LogP contribution is 2.26. The maximum Gasteiger partial charge on any atom is 0.328 e. The number of carbonyl (C=O) groups is 2. The molecule has 1 amide bonds. The Morgan fingerprint density at radius 3 is 2.42 bits per heavy atom. The summed E-state index contributed by atoms with van der Waals surface area (Å²) in [6, 6.07) is 12.7. The largest absolute Gasteiger partial charge is 0.467 e. The zero-order valence-corrected chi connectivity index (χ0v) is 15.3. The highest BCUT2D eigenvalue weighted by atomic mass is 32.2. The lowest BCUT2D eigenvalue weighted by atomic mass is 9.93. The van der Waals surface area contributed by atoms with Gasteiger partial charge >= 0.3 is 5.97 Å². The van der Waals surface area contributed by atoms with Crippen LogP contribution in [0.2, 0.25) is 0 Å². The molecule has 2 aromatic carbocycles. The van der Waals surface area contributed by atoms with Crippen LogP contribution in [0.15, 0.2) is 53.4 Å². The molecule has 1 atom stereocenters. The fourth-order valence-electron chi connectivity index (χ4n) is 3.11. The standard InChI is InChI=1S/C19H19NO5S/c1-25-19(22)17-11-13-6-3-4-7-15(13)12-20(17)18(21)14-8-5-9-16(10-14)26(2,23)24/h3-10,17H,11-12H2,1-2H3/t17-/m0/s1. The number of ether oxygens (including phenoxy) is 1. The van der Waals surface area contributed by atoms with Gasteiger partial charge in [0, 0.05) is 24.8 Å². The number of nitrogens with zero attached hydrogens (tertiary/aromatic N) is 1. The van der Waals surface area contributed by atoms with Gasteiger partial charge in [-0.15, -0.1) is 0 Å². The highest BCUT2D eigenvalue weighted by molar-refractivity contribution is 7.90. The molecule has 0 aliphatic carbocycles. The van der Waals surface area contributed by atoms with E-state index < -0.39 is 27.8 Å². The lowest BCUT2D eigenvalue weighted by Crippen LogP contribution is -2.49. The first-order chi connectivity index (χ1) is 12.3. The molecule has 7 heteroatoms. The lowest BCUT2D eigenvalue weighted by molar-refractivity contribution is -0.146. The summed E-state index contributed by atoms with van der Waals surface area (Å²) >= 11 is 0. The Hall–Kier alpha value is -2.67. The third kappa shape index (κ3) is 3.48. The summed E-state index contributed by atoms with van der Waals surface area (Å²) in [6.07, 6.45) is 1.45. The van der Waals surface area contributed by atoms with Crippen LogP contribution in [0.4, 0.5) is 0 Å². The van der Waals surface area contributed by atoms with E-state index in [4.69, 9.17) is 4.74 Å². The van der Waals surface area contributed by atoms with Crippen LogP contribution in [0.3, 0.4) is 0 Å². The van der Waals surface area contributed by atoms with Crippen molar-refractivity contribution in [2.75, 3.05) is 13.4 Å². The summed E-state index contributed by atoms with van der Waals surface area (Å²) in [5.74, 6) is -0.896. The molecule has 0 saturated carbocycles. The lowest BCUT2D eigenvalue weighted by Gasteiger charge is -2.35. The smallest absolute Gasteiger partial charge is 0.328 e. The summed E-state index contributed by atoms with van der Waals surface area (Å²) < 4.78 is 28.4. The van der Waals surface area contributed by atoms with Gasteiger partial charge in [0.25, 0.3) is 5.91 Å². The monoisotopic (exact) mass is 373 g/mol. The molecule has 136 valence electrons. The number of esters is 1. The number of rotatable bonds is 3. The minimum atomic E-state index is -3.44. The summed E-state index contributed by atoms with van der Waals surface area (Å²) in [5.41, 5.74) is 2.18. The second kappa shape index (κ2) is 6.92. The average molecular weight is 373 g/mol. The number of methoxy groups -OCH3 is 1. The third-order valence-corrected chi connectivity index (χ3v) is 5.60. The minimum Gasteiger partial charge on any atom is -0.467 e. The van der Waals surface area contributed by atoms with Crippen LogP contribution < -0.4 is 0 Å². The average Bonchev–Trinajstić information content (AvgIpc) is 2.65.